The number of carbonyl (C=O) groups excluding carboxylic acids is 2. The van der Waals surface area contributed by atoms with E-state index in [1.165, 1.54) is 11.1 Å². The Hall–Kier alpha value is -3.13. The molecule has 1 aliphatic rings. The molecule has 170 valence electrons. The van der Waals surface area contributed by atoms with E-state index in [4.69, 9.17) is 44.3 Å². The van der Waals surface area contributed by atoms with Crippen LogP contribution in [0, 0.1) is 0 Å². The number of benzene rings is 3. The lowest BCUT2D eigenvalue weighted by Crippen LogP contribution is -2.53. The van der Waals surface area contributed by atoms with Gasteiger partial charge in [-0.25, -0.2) is 5.01 Å². The number of amides is 2. The molecule has 2 N–H and O–H groups in total. The molecule has 1 heterocycles. The fourth-order valence-electron chi connectivity index (χ4n) is 3.31. The summed E-state index contributed by atoms with van der Waals surface area (Å²) in [5.74, 6) is -0.0230. The Morgan fingerprint density at radius 2 is 1.73 bits per heavy atom. The Morgan fingerprint density at radius 1 is 1.03 bits per heavy atom. The third-order valence-corrected chi connectivity index (χ3v) is 5.68. The number of anilines is 1. The van der Waals surface area contributed by atoms with Crippen LogP contribution in [-0.2, 0) is 4.79 Å². The highest BCUT2D eigenvalue weighted by Gasteiger charge is 2.34. The molecule has 0 radical (unpaired) electrons. The quantitative estimate of drug-likeness (QED) is 0.472. The topological polar surface area (TPSA) is 79.9 Å². The lowest BCUT2D eigenvalue weighted by atomic mass is 10.0. The predicted octanol–water partition coefficient (Wildman–Crippen LogP) is 5.33. The lowest BCUT2D eigenvalue weighted by Gasteiger charge is -2.37. The minimum Gasteiger partial charge on any atom is -0.497 e. The zero-order valence-electron chi connectivity index (χ0n) is 17.3. The van der Waals surface area contributed by atoms with Crippen LogP contribution >= 0.6 is 34.8 Å². The minimum absolute atomic E-state index is 0.269. The van der Waals surface area contributed by atoms with E-state index in [0.29, 0.717) is 32.8 Å². The molecule has 0 bridgehead atoms. The summed E-state index contributed by atoms with van der Waals surface area (Å²) in [7, 11) is 1.57. The van der Waals surface area contributed by atoms with Gasteiger partial charge in [0.05, 0.1) is 17.7 Å². The number of halogens is 3. The Kier molecular flexibility index (Phi) is 6.83. The maximum absolute atomic E-state index is 13.3. The molecule has 3 aromatic carbocycles. The first kappa shape index (κ1) is 23.0. The van der Waals surface area contributed by atoms with Gasteiger partial charge in [0, 0.05) is 15.7 Å². The summed E-state index contributed by atoms with van der Waals surface area (Å²) in [6.07, 6.45) is -0.680. The monoisotopic (exact) mass is 505 g/mol. The number of methoxy groups -OCH3 is 1. The summed E-state index contributed by atoms with van der Waals surface area (Å²) in [5, 5.41) is 5.59. The SMILES string of the molecule is COc1ccc(C2Nc3ccc(Cl)cc3C(=O)N2NC(=O)COc2ccc(Cl)cc2Cl)cc1. The average molecular weight is 507 g/mol. The van der Waals surface area contributed by atoms with Crippen LogP contribution in [0.2, 0.25) is 15.1 Å². The number of carbonyl (C=O) groups is 2. The van der Waals surface area contributed by atoms with Gasteiger partial charge in [0.1, 0.15) is 17.7 Å². The van der Waals surface area contributed by atoms with E-state index in [2.05, 4.69) is 10.7 Å². The number of ether oxygens (including phenoxy) is 2. The van der Waals surface area contributed by atoms with Crippen molar-refractivity contribution in [2.45, 2.75) is 6.17 Å². The molecular formula is C23H18Cl3N3O4. The van der Waals surface area contributed by atoms with Gasteiger partial charge in [-0.15, -0.1) is 0 Å². The van der Waals surface area contributed by atoms with Crippen LogP contribution < -0.4 is 20.2 Å². The van der Waals surface area contributed by atoms with Crippen LogP contribution in [0.4, 0.5) is 5.69 Å². The molecule has 1 unspecified atom stereocenters. The summed E-state index contributed by atoms with van der Waals surface area (Å²) >= 11 is 18.1. The molecule has 0 aliphatic carbocycles. The molecule has 0 spiro atoms. The van der Waals surface area contributed by atoms with Crippen molar-refractivity contribution in [3.8, 4) is 11.5 Å². The van der Waals surface area contributed by atoms with E-state index >= 15 is 0 Å². The minimum atomic E-state index is -0.680. The third kappa shape index (κ3) is 5.11. The molecule has 7 nitrogen and oxygen atoms in total. The van der Waals surface area contributed by atoms with Crippen LogP contribution in [-0.4, -0.2) is 30.5 Å². The molecule has 0 fully saturated rings. The maximum atomic E-state index is 13.3. The Bertz CT molecular complexity index is 1200. The van der Waals surface area contributed by atoms with Crippen molar-refractivity contribution >= 4 is 52.3 Å². The molecule has 33 heavy (non-hydrogen) atoms. The normalized spacial score (nSPS) is 14.8. The molecule has 3 aromatic rings. The van der Waals surface area contributed by atoms with Gasteiger partial charge in [-0.05, 0) is 54.1 Å². The van der Waals surface area contributed by atoms with E-state index in [1.807, 2.05) is 0 Å². The number of rotatable bonds is 6. The Morgan fingerprint density at radius 3 is 2.42 bits per heavy atom. The number of hydrogen-bond donors (Lipinski definition) is 2. The zero-order chi connectivity index (χ0) is 23.5. The first-order valence-corrected chi connectivity index (χ1v) is 10.9. The van der Waals surface area contributed by atoms with Crippen molar-refractivity contribution in [2.24, 2.45) is 0 Å². The van der Waals surface area contributed by atoms with Crippen LogP contribution in [0.1, 0.15) is 22.1 Å². The lowest BCUT2D eigenvalue weighted by molar-refractivity contribution is -0.127. The van der Waals surface area contributed by atoms with Gasteiger partial charge in [-0.3, -0.25) is 15.0 Å². The highest BCUT2D eigenvalue weighted by molar-refractivity contribution is 6.35. The molecule has 0 saturated heterocycles. The number of nitrogens with zero attached hydrogens (tertiary/aromatic N) is 1. The van der Waals surface area contributed by atoms with Gasteiger partial charge in [-0.2, -0.15) is 0 Å². The molecule has 10 heteroatoms. The molecule has 1 atom stereocenters. The Labute approximate surface area is 205 Å². The highest BCUT2D eigenvalue weighted by Crippen LogP contribution is 2.34. The summed E-state index contributed by atoms with van der Waals surface area (Å²) in [6.45, 7) is -0.372. The smallest absolute Gasteiger partial charge is 0.276 e. The third-order valence-electron chi connectivity index (χ3n) is 4.91. The predicted molar refractivity (Wildman–Crippen MR) is 127 cm³/mol. The second-order valence-corrected chi connectivity index (χ2v) is 8.36. The number of hydrazine groups is 1. The molecule has 0 saturated carbocycles. The van der Waals surface area contributed by atoms with Gasteiger partial charge >= 0.3 is 0 Å². The van der Waals surface area contributed by atoms with E-state index in [9.17, 15) is 9.59 Å². The van der Waals surface area contributed by atoms with Gasteiger partial charge in [0.15, 0.2) is 6.61 Å². The first-order valence-electron chi connectivity index (χ1n) is 9.76. The van der Waals surface area contributed by atoms with Gasteiger partial charge in [-0.1, -0.05) is 46.9 Å². The molecule has 1 aliphatic heterocycles. The second-order valence-electron chi connectivity index (χ2n) is 7.08. The van der Waals surface area contributed by atoms with Crippen molar-refractivity contribution < 1.29 is 19.1 Å². The Balaban J connectivity index is 1.57. The maximum Gasteiger partial charge on any atom is 0.276 e. The van der Waals surface area contributed by atoms with E-state index in [0.717, 1.165) is 5.56 Å². The fourth-order valence-corrected chi connectivity index (χ4v) is 3.95. The van der Waals surface area contributed by atoms with Crippen LogP contribution in [0.15, 0.2) is 60.7 Å². The number of nitrogens with one attached hydrogen (secondary N) is 2. The molecule has 4 rings (SSSR count). The van der Waals surface area contributed by atoms with Crippen LogP contribution in [0.3, 0.4) is 0 Å². The first-order chi connectivity index (χ1) is 15.9. The van der Waals surface area contributed by atoms with Crippen molar-refractivity contribution in [3.63, 3.8) is 0 Å². The van der Waals surface area contributed by atoms with Gasteiger partial charge in [0.2, 0.25) is 0 Å². The van der Waals surface area contributed by atoms with Crippen molar-refractivity contribution in [1.82, 2.24) is 10.4 Å². The fraction of sp³-hybridized carbons (Fsp3) is 0.130. The molecule has 0 aromatic heterocycles. The summed E-state index contributed by atoms with van der Waals surface area (Å²) in [5.41, 5.74) is 4.27. The number of hydrogen-bond acceptors (Lipinski definition) is 5. The molecule has 2 amide bonds. The second kappa shape index (κ2) is 9.79. The van der Waals surface area contributed by atoms with Gasteiger partial charge in [0.25, 0.3) is 11.8 Å². The average Bonchev–Trinajstić information content (AvgIpc) is 2.80. The van der Waals surface area contributed by atoms with E-state index in [-0.39, 0.29) is 11.6 Å². The molecular weight excluding hydrogens is 489 g/mol. The zero-order valence-corrected chi connectivity index (χ0v) is 19.5. The standard InChI is InChI=1S/C23H18Cl3N3O4/c1-32-16-6-2-13(3-7-16)22-27-19-8-4-14(24)10-17(19)23(31)29(22)28-21(30)12-33-20-9-5-15(25)11-18(20)26/h2-11,22,27H,12H2,1H3,(H,28,30). The van der Waals surface area contributed by atoms with Crippen molar-refractivity contribution in [2.75, 3.05) is 19.0 Å². The summed E-state index contributed by atoms with van der Waals surface area (Å²) in [4.78, 5) is 26.0. The van der Waals surface area contributed by atoms with Crippen molar-refractivity contribution in [3.05, 3.63) is 86.9 Å². The van der Waals surface area contributed by atoms with E-state index in [1.54, 1.807) is 61.7 Å². The van der Waals surface area contributed by atoms with Crippen LogP contribution in [0.25, 0.3) is 0 Å². The summed E-state index contributed by atoms with van der Waals surface area (Å²) in [6, 6.07) is 16.7. The summed E-state index contributed by atoms with van der Waals surface area (Å²) < 4.78 is 10.7. The largest absolute Gasteiger partial charge is 0.497 e. The van der Waals surface area contributed by atoms with Crippen LogP contribution in [0.5, 0.6) is 11.5 Å². The van der Waals surface area contributed by atoms with E-state index < -0.39 is 18.0 Å². The van der Waals surface area contributed by atoms with Crippen molar-refractivity contribution in [1.29, 1.82) is 0 Å². The highest BCUT2D eigenvalue weighted by atomic mass is 35.5. The van der Waals surface area contributed by atoms with Gasteiger partial charge < -0.3 is 14.8 Å². The number of fused-ring (bicyclic) bond motifs is 1.